The number of pyridine rings is 1. The summed E-state index contributed by atoms with van der Waals surface area (Å²) in [5.41, 5.74) is 0.769. The van der Waals surface area contributed by atoms with Gasteiger partial charge in [0.15, 0.2) is 11.5 Å². The Hall–Kier alpha value is -3.49. The smallest absolute Gasteiger partial charge is 0.160 e. The van der Waals surface area contributed by atoms with Gasteiger partial charge >= 0.3 is 0 Å². The molecule has 9 nitrogen and oxygen atoms in total. The summed E-state index contributed by atoms with van der Waals surface area (Å²) in [5, 5.41) is 12.2. The molecule has 1 aliphatic heterocycles. The Kier molecular flexibility index (Phi) is 3.48. The normalized spacial score (nSPS) is 14.9. The number of fused-ring (bicyclic) bond motifs is 1. The van der Waals surface area contributed by atoms with Crippen molar-refractivity contribution in [3.05, 3.63) is 49.2 Å². The van der Waals surface area contributed by atoms with E-state index in [1.165, 1.54) is 0 Å². The lowest BCUT2D eigenvalue weighted by atomic mass is 10.2. The Morgan fingerprint density at radius 1 is 0.923 bits per heavy atom. The van der Waals surface area contributed by atoms with E-state index in [2.05, 4.69) is 35.1 Å². The average Bonchev–Trinajstić information content (AvgIpc) is 3.40. The summed E-state index contributed by atoms with van der Waals surface area (Å²) in [7, 11) is 0. The standard InChI is InChI=1S/C17H17N9/c1-3-14(22-15(4-1)26-6-2-5-21-26)24-7-9-25(10-8-24)17-13-11-20-23-16(13)18-12-19-17/h1-6,11-12H,7-10H2,(H,18,19,20,23). The molecule has 0 amide bonds. The lowest BCUT2D eigenvalue weighted by Gasteiger charge is -2.36. The van der Waals surface area contributed by atoms with Crippen LogP contribution in [0.15, 0.2) is 49.2 Å². The molecule has 1 fully saturated rings. The molecular weight excluding hydrogens is 330 g/mol. The molecule has 0 aliphatic carbocycles. The van der Waals surface area contributed by atoms with Crippen LogP contribution in [-0.4, -0.2) is 61.1 Å². The quantitative estimate of drug-likeness (QED) is 0.596. The molecule has 1 aliphatic rings. The molecule has 0 aromatic carbocycles. The summed E-state index contributed by atoms with van der Waals surface area (Å²) in [4.78, 5) is 18.0. The third kappa shape index (κ3) is 2.53. The molecule has 5 heterocycles. The van der Waals surface area contributed by atoms with Gasteiger partial charge < -0.3 is 9.80 Å². The Balaban J connectivity index is 1.35. The van der Waals surface area contributed by atoms with Crippen LogP contribution in [0.3, 0.4) is 0 Å². The number of hydrogen-bond donors (Lipinski definition) is 1. The highest BCUT2D eigenvalue weighted by atomic mass is 15.3. The Morgan fingerprint density at radius 3 is 2.62 bits per heavy atom. The second-order valence-electron chi connectivity index (χ2n) is 6.11. The Bertz CT molecular complexity index is 1020. The molecular formula is C17H17N9. The summed E-state index contributed by atoms with van der Waals surface area (Å²) in [5.74, 6) is 2.72. The van der Waals surface area contributed by atoms with Crippen molar-refractivity contribution in [1.29, 1.82) is 0 Å². The minimum atomic E-state index is 0.769. The third-order valence-electron chi connectivity index (χ3n) is 4.59. The number of anilines is 2. The van der Waals surface area contributed by atoms with Gasteiger partial charge in [-0.05, 0) is 18.2 Å². The molecule has 0 atom stereocenters. The largest absolute Gasteiger partial charge is 0.353 e. The van der Waals surface area contributed by atoms with Crippen molar-refractivity contribution in [3.63, 3.8) is 0 Å². The Morgan fingerprint density at radius 2 is 1.77 bits per heavy atom. The van der Waals surface area contributed by atoms with E-state index in [9.17, 15) is 0 Å². The van der Waals surface area contributed by atoms with E-state index in [0.29, 0.717) is 0 Å². The highest BCUT2D eigenvalue weighted by Gasteiger charge is 2.21. The fraction of sp³-hybridized carbons (Fsp3) is 0.235. The third-order valence-corrected chi connectivity index (χ3v) is 4.59. The summed E-state index contributed by atoms with van der Waals surface area (Å²) >= 11 is 0. The van der Waals surface area contributed by atoms with Crippen LogP contribution < -0.4 is 9.80 Å². The summed E-state index contributed by atoms with van der Waals surface area (Å²) in [6, 6.07) is 7.92. The van der Waals surface area contributed by atoms with Crippen LogP contribution in [0.2, 0.25) is 0 Å². The fourth-order valence-corrected chi connectivity index (χ4v) is 3.27. The average molecular weight is 347 g/mol. The highest BCUT2D eigenvalue weighted by molar-refractivity contribution is 5.86. The van der Waals surface area contributed by atoms with Crippen LogP contribution in [0.4, 0.5) is 11.6 Å². The number of piperazine rings is 1. The van der Waals surface area contributed by atoms with Crippen molar-refractivity contribution in [2.24, 2.45) is 0 Å². The van der Waals surface area contributed by atoms with E-state index < -0.39 is 0 Å². The van der Waals surface area contributed by atoms with Crippen molar-refractivity contribution in [2.45, 2.75) is 0 Å². The lowest BCUT2D eigenvalue weighted by Crippen LogP contribution is -2.47. The minimum Gasteiger partial charge on any atom is -0.353 e. The number of rotatable bonds is 3. The molecule has 5 rings (SSSR count). The second kappa shape index (κ2) is 6.10. The van der Waals surface area contributed by atoms with Gasteiger partial charge in [-0.25, -0.2) is 19.6 Å². The minimum absolute atomic E-state index is 0.769. The van der Waals surface area contributed by atoms with Gasteiger partial charge in [-0.2, -0.15) is 10.2 Å². The molecule has 4 aromatic heterocycles. The molecule has 0 radical (unpaired) electrons. The van der Waals surface area contributed by atoms with Gasteiger partial charge in [-0.15, -0.1) is 0 Å². The van der Waals surface area contributed by atoms with E-state index in [-0.39, 0.29) is 0 Å². The first kappa shape index (κ1) is 14.8. The monoisotopic (exact) mass is 347 g/mol. The maximum Gasteiger partial charge on any atom is 0.160 e. The first-order valence-electron chi connectivity index (χ1n) is 8.49. The van der Waals surface area contributed by atoms with Gasteiger partial charge in [0, 0.05) is 38.6 Å². The molecule has 0 saturated carbocycles. The molecule has 0 unspecified atom stereocenters. The van der Waals surface area contributed by atoms with Gasteiger partial charge in [0.2, 0.25) is 0 Å². The first-order valence-corrected chi connectivity index (χ1v) is 8.49. The van der Waals surface area contributed by atoms with Crippen LogP contribution in [0.25, 0.3) is 16.9 Å². The van der Waals surface area contributed by atoms with Crippen LogP contribution in [0.5, 0.6) is 0 Å². The highest BCUT2D eigenvalue weighted by Crippen LogP contribution is 2.23. The van der Waals surface area contributed by atoms with Crippen LogP contribution in [-0.2, 0) is 0 Å². The van der Waals surface area contributed by atoms with Gasteiger partial charge in [0.05, 0.1) is 11.6 Å². The second-order valence-corrected chi connectivity index (χ2v) is 6.11. The lowest BCUT2D eigenvalue weighted by molar-refractivity contribution is 0.641. The molecule has 4 aromatic rings. The number of aromatic amines is 1. The number of H-pyrrole nitrogens is 1. The molecule has 1 saturated heterocycles. The number of nitrogens with zero attached hydrogens (tertiary/aromatic N) is 8. The van der Waals surface area contributed by atoms with E-state index in [0.717, 1.165) is 54.7 Å². The molecule has 0 bridgehead atoms. The molecule has 130 valence electrons. The van der Waals surface area contributed by atoms with Crippen LogP contribution in [0.1, 0.15) is 0 Å². The number of hydrogen-bond acceptors (Lipinski definition) is 7. The van der Waals surface area contributed by atoms with E-state index in [1.807, 2.05) is 30.5 Å². The van der Waals surface area contributed by atoms with Gasteiger partial charge in [-0.1, -0.05) is 6.07 Å². The first-order chi connectivity index (χ1) is 12.9. The van der Waals surface area contributed by atoms with Crippen molar-refractivity contribution < 1.29 is 0 Å². The van der Waals surface area contributed by atoms with E-state index in [1.54, 1.807) is 23.4 Å². The maximum absolute atomic E-state index is 4.75. The van der Waals surface area contributed by atoms with Gasteiger partial charge in [0.25, 0.3) is 0 Å². The predicted molar refractivity (Wildman–Crippen MR) is 97.5 cm³/mol. The van der Waals surface area contributed by atoms with E-state index >= 15 is 0 Å². The zero-order chi connectivity index (χ0) is 17.3. The molecule has 1 N–H and O–H groups in total. The number of aromatic nitrogens is 7. The summed E-state index contributed by atoms with van der Waals surface area (Å²) < 4.78 is 1.77. The van der Waals surface area contributed by atoms with Crippen LogP contribution >= 0.6 is 0 Å². The number of nitrogens with one attached hydrogen (secondary N) is 1. The SMILES string of the molecule is c1cc(N2CCN(c3ncnc4[nH]ncc34)CC2)nc(-n2cccn2)c1. The van der Waals surface area contributed by atoms with Crippen molar-refractivity contribution in [2.75, 3.05) is 36.0 Å². The molecule has 9 heteroatoms. The molecule has 0 spiro atoms. The van der Waals surface area contributed by atoms with Crippen molar-refractivity contribution in [1.82, 2.24) is 34.9 Å². The van der Waals surface area contributed by atoms with Gasteiger partial charge in [0.1, 0.15) is 18.0 Å². The van der Waals surface area contributed by atoms with Crippen LogP contribution in [0, 0.1) is 0 Å². The topological polar surface area (TPSA) is 91.7 Å². The Labute approximate surface area is 149 Å². The zero-order valence-corrected chi connectivity index (χ0v) is 14.0. The maximum atomic E-state index is 4.75. The van der Waals surface area contributed by atoms with E-state index in [4.69, 9.17) is 4.98 Å². The fourth-order valence-electron chi connectivity index (χ4n) is 3.27. The van der Waals surface area contributed by atoms with Crippen molar-refractivity contribution >= 4 is 22.7 Å². The summed E-state index contributed by atoms with van der Waals surface area (Å²) in [6.07, 6.45) is 7.02. The summed E-state index contributed by atoms with van der Waals surface area (Å²) in [6.45, 7) is 3.48. The zero-order valence-electron chi connectivity index (χ0n) is 14.0. The van der Waals surface area contributed by atoms with Gasteiger partial charge in [-0.3, -0.25) is 5.10 Å². The van der Waals surface area contributed by atoms with Crippen molar-refractivity contribution in [3.8, 4) is 5.82 Å². The molecule has 26 heavy (non-hydrogen) atoms. The predicted octanol–water partition coefficient (Wildman–Crippen LogP) is 1.26.